The first-order valence-corrected chi connectivity index (χ1v) is 8.29. The average molecular weight is 404 g/mol. The maximum atomic E-state index is 4.83. The number of nitrogens with one attached hydrogen (secondary N) is 1. The molecular weight excluding hydrogens is 375 g/mol. The van der Waals surface area contributed by atoms with E-state index >= 15 is 0 Å². The predicted octanol–water partition coefficient (Wildman–Crippen LogP) is 2.32. The Hall–Kier alpha value is -0.300. The van der Waals surface area contributed by atoms with E-state index in [1.165, 1.54) is 25.7 Å². The Morgan fingerprint density at radius 1 is 1.24 bits per heavy atom. The molecule has 5 heteroatoms. The van der Waals surface area contributed by atoms with Gasteiger partial charge in [-0.2, -0.15) is 0 Å². The van der Waals surface area contributed by atoms with E-state index in [1.807, 2.05) is 0 Å². The molecule has 3 aliphatic rings. The number of rotatable bonds is 5. The SMILES string of the molecule is CCNC(=NCCC1CC1)N1CCC(N2CC=CC2)C1.I. The Kier molecular flexibility index (Phi) is 6.79. The van der Waals surface area contributed by atoms with Crippen LogP contribution in [0.4, 0.5) is 0 Å². The summed E-state index contributed by atoms with van der Waals surface area (Å²) in [6, 6.07) is 0.706. The highest BCUT2D eigenvalue weighted by Gasteiger charge is 2.29. The summed E-state index contributed by atoms with van der Waals surface area (Å²) in [6.07, 6.45) is 9.99. The standard InChI is InChI=1S/C16H28N4.HI/c1-2-17-16(18-9-7-14-5-6-14)20-12-8-15(13-20)19-10-3-4-11-19;/h3-4,14-15H,2,5-13H2,1H3,(H,17,18);1H. The van der Waals surface area contributed by atoms with Gasteiger partial charge in [0.15, 0.2) is 5.96 Å². The van der Waals surface area contributed by atoms with Gasteiger partial charge in [-0.15, -0.1) is 24.0 Å². The van der Waals surface area contributed by atoms with Crippen LogP contribution >= 0.6 is 24.0 Å². The lowest BCUT2D eigenvalue weighted by Gasteiger charge is -2.25. The van der Waals surface area contributed by atoms with Gasteiger partial charge < -0.3 is 10.2 Å². The third-order valence-corrected chi connectivity index (χ3v) is 4.66. The fourth-order valence-electron chi connectivity index (χ4n) is 3.21. The molecule has 2 aliphatic heterocycles. The summed E-state index contributed by atoms with van der Waals surface area (Å²) in [7, 11) is 0. The Morgan fingerprint density at radius 3 is 2.67 bits per heavy atom. The highest BCUT2D eigenvalue weighted by atomic mass is 127. The molecule has 0 bridgehead atoms. The van der Waals surface area contributed by atoms with Crippen LogP contribution < -0.4 is 5.32 Å². The quantitative estimate of drug-likeness (QED) is 0.330. The zero-order valence-corrected chi connectivity index (χ0v) is 15.5. The number of halogens is 1. The first kappa shape index (κ1) is 17.1. The molecule has 0 radical (unpaired) electrons. The average Bonchev–Trinajstić information content (AvgIpc) is 2.96. The molecule has 2 heterocycles. The lowest BCUT2D eigenvalue weighted by Crippen LogP contribution is -2.42. The Labute approximate surface area is 146 Å². The van der Waals surface area contributed by atoms with E-state index in [1.54, 1.807) is 0 Å². The third-order valence-electron chi connectivity index (χ3n) is 4.66. The smallest absolute Gasteiger partial charge is 0.193 e. The van der Waals surface area contributed by atoms with Crippen molar-refractivity contribution in [1.29, 1.82) is 0 Å². The van der Waals surface area contributed by atoms with Crippen molar-refractivity contribution in [3.63, 3.8) is 0 Å². The normalized spacial score (nSPS) is 26.2. The topological polar surface area (TPSA) is 30.9 Å². The minimum atomic E-state index is 0. The molecule has 1 unspecified atom stereocenters. The highest BCUT2D eigenvalue weighted by Crippen LogP contribution is 2.32. The lowest BCUT2D eigenvalue weighted by atomic mass is 10.2. The molecule has 0 amide bonds. The fourth-order valence-corrected chi connectivity index (χ4v) is 3.21. The van der Waals surface area contributed by atoms with Crippen LogP contribution in [0, 0.1) is 5.92 Å². The van der Waals surface area contributed by atoms with Crippen molar-refractivity contribution in [3.05, 3.63) is 12.2 Å². The molecule has 0 aromatic rings. The summed E-state index contributed by atoms with van der Waals surface area (Å²) in [4.78, 5) is 9.87. The van der Waals surface area contributed by atoms with Gasteiger partial charge in [-0.05, 0) is 25.7 Å². The van der Waals surface area contributed by atoms with E-state index in [0.717, 1.165) is 51.1 Å². The van der Waals surface area contributed by atoms with E-state index in [2.05, 4.69) is 34.2 Å². The molecule has 3 rings (SSSR count). The maximum Gasteiger partial charge on any atom is 0.193 e. The molecular formula is C16H29IN4. The zero-order valence-electron chi connectivity index (χ0n) is 13.1. The van der Waals surface area contributed by atoms with Crippen molar-refractivity contribution in [2.45, 2.75) is 38.6 Å². The molecule has 2 fully saturated rings. The molecule has 120 valence electrons. The minimum absolute atomic E-state index is 0. The van der Waals surface area contributed by atoms with Crippen LogP contribution in [-0.2, 0) is 0 Å². The van der Waals surface area contributed by atoms with Gasteiger partial charge in [0, 0.05) is 45.3 Å². The van der Waals surface area contributed by atoms with E-state index in [4.69, 9.17) is 4.99 Å². The van der Waals surface area contributed by atoms with E-state index in [0.29, 0.717) is 6.04 Å². The zero-order chi connectivity index (χ0) is 13.8. The van der Waals surface area contributed by atoms with Gasteiger partial charge in [0.2, 0.25) is 0 Å². The largest absolute Gasteiger partial charge is 0.357 e. The van der Waals surface area contributed by atoms with Crippen LogP contribution in [0.2, 0.25) is 0 Å². The van der Waals surface area contributed by atoms with E-state index < -0.39 is 0 Å². The van der Waals surface area contributed by atoms with E-state index in [9.17, 15) is 0 Å². The van der Waals surface area contributed by atoms with Crippen LogP contribution in [0.25, 0.3) is 0 Å². The molecule has 1 N–H and O–H groups in total. The molecule has 0 aromatic carbocycles. The number of aliphatic imine (C=N–C) groups is 1. The monoisotopic (exact) mass is 404 g/mol. The number of likely N-dealkylation sites (tertiary alicyclic amines) is 1. The van der Waals surface area contributed by atoms with Crippen molar-refractivity contribution in [2.75, 3.05) is 39.3 Å². The third kappa shape index (κ3) is 4.84. The van der Waals surface area contributed by atoms with Gasteiger partial charge in [0.05, 0.1) is 0 Å². The summed E-state index contributed by atoms with van der Waals surface area (Å²) in [5.41, 5.74) is 0. The van der Waals surface area contributed by atoms with Gasteiger partial charge in [0.25, 0.3) is 0 Å². The number of guanidine groups is 1. The van der Waals surface area contributed by atoms with Gasteiger partial charge in [-0.1, -0.05) is 25.0 Å². The van der Waals surface area contributed by atoms with Crippen molar-refractivity contribution in [1.82, 2.24) is 15.1 Å². The van der Waals surface area contributed by atoms with Crippen molar-refractivity contribution in [3.8, 4) is 0 Å². The molecule has 1 saturated heterocycles. The van der Waals surface area contributed by atoms with Gasteiger partial charge in [-0.25, -0.2) is 0 Å². The second kappa shape index (κ2) is 8.36. The first-order chi connectivity index (χ1) is 9.86. The van der Waals surface area contributed by atoms with Gasteiger partial charge >= 0.3 is 0 Å². The fraction of sp³-hybridized carbons (Fsp3) is 0.812. The van der Waals surface area contributed by atoms with E-state index in [-0.39, 0.29) is 24.0 Å². The molecule has 0 aromatic heterocycles. The summed E-state index contributed by atoms with van der Waals surface area (Å²) >= 11 is 0. The molecule has 4 nitrogen and oxygen atoms in total. The maximum absolute atomic E-state index is 4.83. The summed E-state index contributed by atoms with van der Waals surface area (Å²) < 4.78 is 0. The predicted molar refractivity (Wildman–Crippen MR) is 99.4 cm³/mol. The Bertz CT molecular complexity index is 370. The minimum Gasteiger partial charge on any atom is -0.357 e. The van der Waals surface area contributed by atoms with Crippen LogP contribution in [0.3, 0.4) is 0 Å². The van der Waals surface area contributed by atoms with Crippen molar-refractivity contribution >= 4 is 29.9 Å². The van der Waals surface area contributed by atoms with Crippen LogP contribution in [0.5, 0.6) is 0 Å². The Balaban J connectivity index is 0.00000161. The molecule has 0 spiro atoms. The van der Waals surface area contributed by atoms with Crippen LogP contribution in [-0.4, -0.2) is 61.1 Å². The summed E-state index contributed by atoms with van der Waals surface area (Å²) in [5.74, 6) is 2.12. The van der Waals surface area contributed by atoms with Crippen molar-refractivity contribution < 1.29 is 0 Å². The second-order valence-electron chi connectivity index (χ2n) is 6.28. The summed E-state index contributed by atoms with van der Waals surface area (Å²) in [6.45, 7) is 8.68. The van der Waals surface area contributed by atoms with Crippen LogP contribution in [0.15, 0.2) is 17.1 Å². The van der Waals surface area contributed by atoms with Gasteiger partial charge in [0.1, 0.15) is 0 Å². The number of nitrogens with zero attached hydrogens (tertiary/aromatic N) is 3. The van der Waals surface area contributed by atoms with Gasteiger partial charge in [-0.3, -0.25) is 9.89 Å². The molecule has 1 saturated carbocycles. The Morgan fingerprint density at radius 2 is 2.00 bits per heavy atom. The van der Waals surface area contributed by atoms with Crippen molar-refractivity contribution in [2.24, 2.45) is 10.9 Å². The second-order valence-corrected chi connectivity index (χ2v) is 6.28. The van der Waals surface area contributed by atoms with Crippen LogP contribution in [0.1, 0.15) is 32.6 Å². The highest BCUT2D eigenvalue weighted by molar-refractivity contribution is 14.0. The molecule has 1 aliphatic carbocycles. The first-order valence-electron chi connectivity index (χ1n) is 8.29. The molecule has 21 heavy (non-hydrogen) atoms. The lowest BCUT2D eigenvalue weighted by molar-refractivity contribution is 0.259. The number of hydrogen-bond acceptors (Lipinski definition) is 2. The number of hydrogen-bond donors (Lipinski definition) is 1. The molecule has 1 atom stereocenters. The summed E-state index contributed by atoms with van der Waals surface area (Å²) in [5, 5.41) is 3.47.